The van der Waals surface area contributed by atoms with Crippen LogP contribution in [0.2, 0.25) is 0 Å². The lowest BCUT2D eigenvalue weighted by molar-refractivity contribution is -0.139. The number of aliphatic hydroxyl groups is 1. The molecular formula is C29H35N3O4. The molecule has 7 nitrogen and oxygen atoms in total. The average Bonchev–Trinajstić information content (AvgIpc) is 3.21. The van der Waals surface area contributed by atoms with Gasteiger partial charge in [-0.1, -0.05) is 37.3 Å². The number of carbonyl (C=O) groups excluding carboxylic acids is 2. The molecule has 3 heterocycles. The van der Waals surface area contributed by atoms with Crippen LogP contribution in [0.5, 0.6) is 5.75 Å². The van der Waals surface area contributed by atoms with E-state index in [1.807, 2.05) is 66.2 Å². The molecule has 36 heavy (non-hydrogen) atoms. The lowest BCUT2D eigenvalue weighted by atomic mass is 9.68. The van der Waals surface area contributed by atoms with Gasteiger partial charge < -0.3 is 24.2 Å². The average molecular weight is 490 g/mol. The second-order valence-corrected chi connectivity index (χ2v) is 10.1. The summed E-state index contributed by atoms with van der Waals surface area (Å²) >= 11 is 0. The second kappa shape index (κ2) is 9.62. The normalized spacial score (nSPS) is 18.9. The zero-order valence-corrected chi connectivity index (χ0v) is 21.4. The van der Waals surface area contributed by atoms with Gasteiger partial charge in [0.2, 0.25) is 11.8 Å². The van der Waals surface area contributed by atoms with Gasteiger partial charge in [0.15, 0.2) is 0 Å². The molecule has 5 rings (SSSR count). The molecule has 1 fully saturated rings. The fourth-order valence-corrected chi connectivity index (χ4v) is 6.30. The van der Waals surface area contributed by atoms with E-state index in [4.69, 9.17) is 4.74 Å². The fraction of sp³-hybridized carbons (Fsp3) is 0.448. The van der Waals surface area contributed by atoms with Gasteiger partial charge in [0, 0.05) is 55.7 Å². The number of likely N-dealkylation sites (tertiary alicyclic amines) is 1. The number of ether oxygens (including phenoxy) is 1. The molecule has 0 radical (unpaired) electrons. The summed E-state index contributed by atoms with van der Waals surface area (Å²) < 4.78 is 7.62. The Labute approximate surface area is 212 Å². The van der Waals surface area contributed by atoms with Crippen LogP contribution in [-0.2, 0) is 28.5 Å². The Balaban J connectivity index is 1.53. The van der Waals surface area contributed by atoms with E-state index < -0.39 is 0 Å². The van der Waals surface area contributed by atoms with Crippen molar-refractivity contribution in [2.24, 2.45) is 7.05 Å². The number of fused-ring (bicyclic) bond motifs is 4. The van der Waals surface area contributed by atoms with Crippen LogP contribution in [0.1, 0.15) is 49.0 Å². The van der Waals surface area contributed by atoms with Gasteiger partial charge in [0.25, 0.3) is 0 Å². The number of aliphatic hydroxyl groups excluding tert-OH is 1. The van der Waals surface area contributed by atoms with Crippen molar-refractivity contribution < 1.29 is 19.4 Å². The van der Waals surface area contributed by atoms with Crippen molar-refractivity contribution in [1.82, 2.24) is 14.4 Å². The van der Waals surface area contributed by atoms with Gasteiger partial charge >= 0.3 is 0 Å². The van der Waals surface area contributed by atoms with Crippen molar-refractivity contribution in [2.45, 2.75) is 44.1 Å². The number of hydrogen-bond donors (Lipinski definition) is 1. The van der Waals surface area contributed by atoms with Gasteiger partial charge in [0.1, 0.15) is 5.75 Å². The second-order valence-electron chi connectivity index (χ2n) is 10.1. The molecule has 7 heteroatoms. The van der Waals surface area contributed by atoms with Crippen molar-refractivity contribution in [3.63, 3.8) is 0 Å². The van der Waals surface area contributed by atoms with Gasteiger partial charge in [-0.15, -0.1) is 0 Å². The van der Waals surface area contributed by atoms with Crippen LogP contribution in [0.3, 0.4) is 0 Å². The van der Waals surface area contributed by atoms with Crippen molar-refractivity contribution in [3.8, 4) is 5.75 Å². The molecular weight excluding hydrogens is 454 g/mol. The molecule has 2 aromatic carbocycles. The predicted molar refractivity (Wildman–Crippen MR) is 139 cm³/mol. The minimum absolute atomic E-state index is 0.0458. The number of nitrogens with zero attached hydrogens (tertiary/aromatic N) is 3. The number of amides is 2. The molecule has 190 valence electrons. The summed E-state index contributed by atoms with van der Waals surface area (Å²) in [5.74, 6) is 0.965. The van der Waals surface area contributed by atoms with E-state index in [1.165, 1.54) is 5.56 Å². The van der Waals surface area contributed by atoms with E-state index in [1.54, 1.807) is 7.11 Å². The smallest absolute Gasteiger partial charge is 0.226 e. The lowest BCUT2D eigenvalue weighted by Gasteiger charge is -2.50. The first-order valence-corrected chi connectivity index (χ1v) is 12.8. The minimum atomic E-state index is -0.390. The first-order chi connectivity index (χ1) is 17.4. The van der Waals surface area contributed by atoms with Crippen molar-refractivity contribution in [1.29, 1.82) is 0 Å². The molecule has 0 saturated carbocycles. The Morgan fingerprint density at radius 2 is 1.81 bits per heavy atom. The van der Waals surface area contributed by atoms with Gasteiger partial charge in [0.05, 0.1) is 31.7 Å². The highest BCUT2D eigenvalue weighted by molar-refractivity contribution is 5.90. The molecule has 1 atom stereocenters. The first-order valence-electron chi connectivity index (χ1n) is 12.8. The highest BCUT2D eigenvalue weighted by Gasteiger charge is 2.49. The Hall–Kier alpha value is -3.32. The molecule has 2 amide bonds. The van der Waals surface area contributed by atoms with Crippen LogP contribution in [0, 0.1) is 0 Å². The molecule has 2 aliphatic rings. The molecule has 0 bridgehead atoms. The summed E-state index contributed by atoms with van der Waals surface area (Å²) in [6.45, 7) is 3.60. The van der Waals surface area contributed by atoms with Gasteiger partial charge in [-0.2, -0.15) is 0 Å². The monoisotopic (exact) mass is 489 g/mol. The first kappa shape index (κ1) is 24.4. The summed E-state index contributed by atoms with van der Waals surface area (Å²) in [4.78, 5) is 30.0. The van der Waals surface area contributed by atoms with Crippen LogP contribution in [-0.4, -0.2) is 64.6 Å². The fourth-order valence-electron chi connectivity index (χ4n) is 6.30. The number of piperidine rings is 1. The zero-order valence-electron chi connectivity index (χ0n) is 21.4. The van der Waals surface area contributed by atoms with Crippen LogP contribution in [0.4, 0.5) is 0 Å². The van der Waals surface area contributed by atoms with E-state index >= 15 is 0 Å². The Morgan fingerprint density at radius 1 is 1.08 bits per heavy atom. The third-order valence-electron chi connectivity index (χ3n) is 8.22. The Bertz CT molecular complexity index is 1270. The van der Waals surface area contributed by atoms with E-state index in [-0.39, 0.29) is 29.9 Å². The standard InChI is InChI=1S/C29H35N3O4/c1-4-25(34)32-19-29(12-14-31(15-13-29)26(35)16-20-8-6-5-7-9-20)27-22-11-10-21(36-3)17-23(22)30(2)28(27)24(32)18-33/h5-11,17,24,33H,4,12-16,18-19H2,1-3H3/t24-/m1/s1. The number of methoxy groups -OCH3 is 1. The third-order valence-corrected chi connectivity index (χ3v) is 8.22. The van der Waals surface area contributed by atoms with E-state index in [0.29, 0.717) is 32.5 Å². The molecule has 1 saturated heterocycles. The van der Waals surface area contributed by atoms with Crippen LogP contribution in [0.15, 0.2) is 48.5 Å². The van der Waals surface area contributed by atoms with Crippen LogP contribution in [0.25, 0.3) is 10.9 Å². The van der Waals surface area contributed by atoms with Gasteiger partial charge in [-0.25, -0.2) is 0 Å². The molecule has 0 aliphatic carbocycles. The zero-order chi connectivity index (χ0) is 25.4. The quantitative estimate of drug-likeness (QED) is 0.595. The number of aromatic nitrogens is 1. The third kappa shape index (κ3) is 3.95. The van der Waals surface area contributed by atoms with Crippen LogP contribution >= 0.6 is 0 Å². The topological polar surface area (TPSA) is 75.0 Å². The van der Waals surface area contributed by atoms with Gasteiger partial charge in [-0.3, -0.25) is 9.59 Å². The molecule has 1 spiro atoms. The van der Waals surface area contributed by atoms with E-state index in [9.17, 15) is 14.7 Å². The summed E-state index contributed by atoms with van der Waals surface area (Å²) in [6.07, 6.45) is 2.34. The van der Waals surface area contributed by atoms with Crippen molar-refractivity contribution in [3.05, 3.63) is 65.4 Å². The molecule has 1 aromatic heterocycles. The number of benzene rings is 2. The van der Waals surface area contributed by atoms with E-state index in [0.717, 1.165) is 40.8 Å². The number of carbonyl (C=O) groups is 2. The van der Waals surface area contributed by atoms with E-state index in [2.05, 4.69) is 10.6 Å². The predicted octanol–water partition coefficient (Wildman–Crippen LogP) is 3.58. The van der Waals surface area contributed by atoms with Gasteiger partial charge in [-0.05, 0) is 36.1 Å². The lowest BCUT2D eigenvalue weighted by Crippen LogP contribution is -2.56. The van der Waals surface area contributed by atoms with Crippen molar-refractivity contribution in [2.75, 3.05) is 33.4 Å². The summed E-state index contributed by atoms with van der Waals surface area (Å²) in [5, 5.41) is 11.6. The minimum Gasteiger partial charge on any atom is -0.497 e. The number of rotatable bonds is 5. The maximum atomic E-state index is 13.1. The summed E-state index contributed by atoms with van der Waals surface area (Å²) in [6, 6.07) is 15.6. The largest absolute Gasteiger partial charge is 0.497 e. The highest BCUT2D eigenvalue weighted by Crippen LogP contribution is 2.50. The maximum absolute atomic E-state index is 13.1. The maximum Gasteiger partial charge on any atom is 0.226 e. The summed E-state index contributed by atoms with van der Waals surface area (Å²) in [5.41, 5.74) is 4.00. The SMILES string of the molecule is CCC(=O)N1CC2(CCN(C(=O)Cc3ccccc3)CC2)c2c(n(C)c3cc(OC)ccc23)[C@H]1CO. The number of hydrogen-bond acceptors (Lipinski definition) is 4. The number of aryl methyl sites for hydroxylation is 1. The molecule has 1 N–H and O–H groups in total. The summed E-state index contributed by atoms with van der Waals surface area (Å²) in [7, 11) is 3.67. The Morgan fingerprint density at radius 3 is 2.44 bits per heavy atom. The molecule has 0 unspecified atom stereocenters. The van der Waals surface area contributed by atoms with Crippen molar-refractivity contribution >= 4 is 22.7 Å². The molecule has 2 aliphatic heterocycles. The highest BCUT2D eigenvalue weighted by atomic mass is 16.5. The van der Waals surface area contributed by atoms with Crippen LogP contribution < -0.4 is 4.74 Å². The molecule has 3 aromatic rings. The Kier molecular flexibility index (Phi) is 6.51.